The molecule has 1 amide bonds. The molecule has 0 aliphatic carbocycles. The predicted molar refractivity (Wildman–Crippen MR) is 57.1 cm³/mol. The van der Waals surface area contributed by atoms with Gasteiger partial charge in [0.25, 0.3) is 0 Å². The third-order valence-corrected chi connectivity index (χ3v) is 1.61. The van der Waals surface area contributed by atoms with Crippen molar-refractivity contribution in [2.45, 2.75) is 20.0 Å². The van der Waals surface area contributed by atoms with Crippen LogP contribution in [-0.4, -0.2) is 18.5 Å². The average Bonchev–Trinajstić information content (AvgIpc) is 2.16. The van der Waals surface area contributed by atoms with E-state index < -0.39 is 6.09 Å². The molecule has 1 rings (SSSR count). The molecule has 0 spiro atoms. The van der Waals surface area contributed by atoms with E-state index in [0.717, 1.165) is 6.29 Å². The lowest BCUT2D eigenvalue weighted by atomic mass is 10.2. The second-order valence-electron chi connectivity index (χ2n) is 3.32. The maximum atomic E-state index is 11.2. The van der Waals surface area contributed by atoms with Gasteiger partial charge in [-0.25, -0.2) is 4.79 Å². The topological polar surface area (TPSA) is 55.4 Å². The first-order chi connectivity index (χ1) is 7.11. The van der Waals surface area contributed by atoms with Gasteiger partial charge in [-0.05, 0) is 26.0 Å². The van der Waals surface area contributed by atoms with Crippen molar-refractivity contribution >= 4 is 18.1 Å². The summed E-state index contributed by atoms with van der Waals surface area (Å²) in [6, 6.07) is 6.61. The lowest BCUT2D eigenvalue weighted by Gasteiger charge is -2.09. The Balaban J connectivity index is 2.64. The van der Waals surface area contributed by atoms with Crippen LogP contribution in [-0.2, 0) is 4.74 Å². The number of amides is 1. The molecule has 0 aliphatic heterocycles. The molecule has 4 heteroatoms. The van der Waals surface area contributed by atoms with Crippen molar-refractivity contribution in [2.24, 2.45) is 0 Å². The first-order valence-corrected chi connectivity index (χ1v) is 4.64. The van der Waals surface area contributed by atoms with Crippen LogP contribution in [0.2, 0.25) is 0 Å². The zero-order chi connectivity index (χ0) is 11.3. The number of nitrogens with one attached hydrogen (secondary N) is 1. The van der Waals surface area contributed by atoms with Gasteiger partial charge >= 0.3 is 6.09 Å². The number of ether oxygens (including phenoxy) is 1. The van der Waals surface area contributed by atoms with Crippen LogP contribution < -0.4 is 5.32 Å². The Morgan fingerprint density at radius 2 is 2.20 bits per heavy atom. The molecular weight excluding hydrogens is 194 g/mol. The molecule has 15 heavy (non-hydrogen) atoms. The number of hydrogen-bond donors (Lipinski definition) is 1. The number of anilines is 1. The number of carbonyl (C=O) groups excluding carboxylic acids is 2. The van der Waals surface area contributed by atoms with E-state index in [1.54, 1.807) is 38.1 Å². The van der Waals surface area contributed by atoms with Gasteiger partial charge in [-0.1, -0.05) is 12.1 Å². The molecule has 0 saturated carbocycles. The molecule has 0 aliphatic rings. The lowest BCUT2D eigenvalue weighted by Crippen LogP contribution is -2.17. The Labute approximate surface area is 88.2 Å². The third kappa shape index (κ3) is 3.81. The van der Waals surface area contributed by atoms with E-state index in [1.165, 1.54) is 0 Å². The van der Waals surface area contributed by atoms with E-state index in [4.69, 9.17) is 4.74 Å². The largest absolute Gasteiger partial charge is 0.447 e. The Morgan fingerprint density at radius 3 is 2.80 bits per heavy atom. The highest BCUT2D eigenvalue weighted by Crippen LogP contribution is 2.09. The molecule has 0 saturated heterocycles. The van der Waals surface area contributed by atoms with Crippen molar-refractivity contribution in [1.82, 2.24) is 0 Å². The van der Waals surface area contributed by atoms with Gasteiger partial charge in [0, 0.05) is 11.3 Å². The fraction of sp³-hybridized carbons (Fsp3) is 0.273. The molecule has 0 unspecified atom stereocenters. The Kier molecular flexibility index (Phi) is 3.85. The summed E-state index contributed by atoms with van der Waals surface area (Å²) >= 11 is 0. The summed E-state index contributed by atoms with van der Waals surface area (Å²) in [6.07, 6.45) is 0.0335. The summed E-state index contributed by atoms with van der Waals surface area (Å²) in [4.78, 5) is 21.7. The quantitative estimate of drug-likeness (QED) is 0.774. The summed E-state index contributed by atoms with van der Waals surface area (Å²) < 4.78 is 4.89. The summed E-state index contributed by atoms with van der Waals surface area (Å²) in [5.74, 6) is 0. The first kappa shape index (κ1) is 11.2. The molecule has 4 nitrogen and oxygen atoms in total. The minimum Gasteiger partial charge on any atom is -0.447 e. The van der Waals surface area contributed by atoms with E-state index >= 15 is 0 Å². The van der Waals surface area contributed by atoms with Crippen LogP contribution in [0.3, 0.4) is 0 Å². The summed E-state index contributed by atoms with van der Waals surface area (Å²) in [5, 5.41) is 2.53. The molecule has 0 heterocycles. The summed E-state index contributed by atoms with van der Waals surface area (Å²) in [5.41, 5.74) is 1.06. The highest BCUT2D eigenvalue weighted by atomic mass is 16.6. The van der Waals surface area contributed by atoms with Crippen LogP contribution in [0.4, 0.5) is 10.5 Å². The molecule has 0 radical (unpaired) electrons. The maximum absolute atomic E-state index is 11.2. The highest BCUT2D eigenvalue weighted by molar-refractivity contribution is 5.86. The minimum absolute atomic E-state index is 0.167. The van der Waals surface area contributed by atoms with E-state index in [1.807, 2.05) is 0 Å². The monoisotopic (exact) mass is 207 g/mol. The van der Waals surface area contributed by atoms with Gasteiger partial charge in [-0.3, -0.25) is 10.1 Å². The van der Waals surface area contributed by atoms with Crippen molar-refractivity contribution in [1.29, 1.82) is 0 Å². The second kappa shape index (κ2) is 5.14. The zero-order valence-corrected chi connectivity index (χ0v) is 8.69. The van der Waals surface area contributed by atoms with E-state index in [2.05, 4.69) is 5.32 Å². The molecule has 0 bridgehead atoms. The molecular formula is C11H13NO3. The fourth-order valence-corrected chi connectivity index (χ4v) is 1.05. The standard InChI is InChI=1S/C11H13NO3/c1-8(2)15-11(14)12-10-5-3-4-9(6-10)7-13/h3-8H,1-2H3,(H,12,14). The van der Waals surface area contributed by atoms with Crippen molar-refractivity contribution in [3.8, 4) is 0 Å². The molecule has 1 aromatic rings. The average molecular weight is 207 g/mol. The number of rotatable bonds is 3. The minimum atomic E-state index is -0.520. The first-order valence-electron chi connectivity index (χ1n) is 4.64. The number of aldehydes is 1. The summed E-state index contributed by atoms with van der Waals surface area (Å²) in [6.45, 7) is 3.53. The van der Waals surface area contributed by atoms with Crippen molar-refractivity contribution in [3.05, 3.63) is 29.8 Å². The molecule has 0 fully saturated rings. The van der Waals surface area contributed by atoms with E-state index in [-0.39, 0.29) is 6.10 Å². The summed E-state index contributed by atoms with van der Waals surface area (Å²) in [7, 11) is 0. The smallest absolute Gasteiger partial charge is 0.411 e. The van der Waals surface area contributed by atoms with Crippen LogP contribution in [0.5, 0.6) is 0 Å². The van der Waals surface area contributed by atoms with Crippen molar-refractivity contribution in [3.63, 3.8) is 0 Å². The zero-order valence-electron chi connectivity index (χ0n) is 8.69. The molecule has 1 N–H and O–H groups in total. The van der Waals surface area contributed by atoms with Crippen LogP contribution in [0.15, 0.2) is 24.3 Å². The molecule has 0 atom stereocenters. The van der Waals surface area contributed by atoms with Crippen LogP contribution in [0.1, 0.15) is 24.2 Å². The van der Waals surface area contributed by atoms with Gasteiger partial charge in [0.05, 0.1) is 6.10 Å². The Hall–Kier alpha value is -1.84. The van der Waals surface area contributed by atoms with Gasteiger partial charge in [-0.15, -0.1) is 0 Å². The van der Waals surface area contributed by atoms with Gasteiger partial charge in [-0.2, -0.15) is 0 Å². The maximum Gasteiger partial charge on any atom is 0.411 e. The van der Waals surface area contributed by atoms with Gasteiger partial charge in [0.15, 0.2) is 0 Å². The number of benzene rings is 1. The molecule has 80 valence electrons. The normalized spacial score (nSPS) is 9.80. The Morgan fingerprint density at radius 1 is 1.47 bits per heavy atom. The van der Waals surface area contributed by atoms with Gasteiger partial charge in [0.1, 0.15) is 6.29 Å². The number of hydrogen-bond acceptors (Lipinski definition) is 3. The number of carbonyl (C=O) groups is 2. The van der Waals surface area contributed by atoms with Crippen molar-refractivity contribution < 1.29 is 14.3 Å². The predicted octanol–water partition coefficient (Wildman–Crippen LogP) is 2.46. The van der Waals surface area contributed by atoms with Gasteiger partial charge in [0.2, 0.25) is 0 Å². The van der Waals surface area contributed by atoms with Crippen LogP contribution >= 0.6 is 0 Å². The third-order valence-electron chi connectivity index (χ3n) is 1.61. The van der Waals surface area contributed by atoms with Gasteiger partial charge < -0.3 is 4.74 Å². The van der Waals surface area contributed by atoms with E-state index in [9.17, 15) is 9.59 Å². The molecule has 1 aromatic carbocycles. The second-order valence-corrected chi connectivity index (χ2v) is 3.32. The Bertz CT molecular complexity index is 361. The SMILES string of the molecule is CC(C)OC(=O)Nc1cccc(C=O)c1. The van der Waals surface area contributed by atoms with Crippen LogP contribution in [0, 0.1) is 0 Å². The fourth-order valence-electron chi connectivity index (χ4n) is 1.05. The van der Waals surface area contributed by atoms with Crippen LogP contribution in [0.25, 0.3) is 0 Å². The molecule has 0 aromatic heterocycles. The van der Waals surface area contributed by atoms with Crippen molar-refractivity contribution in [2.75, 3.05) is 5.32 Å². The highest BCUT2D eigenvalue weighted by Gasteiger charge is 2.05. The van der Waals surface area contributed by atoms with E-state index in [0.29, 0.717) is 11.3 Å². The lowest BCUT2D eigenvalue weighted by molar-refractivity contribution is 0.112.